The molecule has 0 bridgehead atoms. The van der Waals surface area contributed by atoms with E-state index in [0.29, 0.717) is 0 Å². The van der Waals surface area contributed by atoms with Crippen LogP contribution in [0, 0.1) is 5.92 Å². The predicted molar refractivity (Wildman–Crippen MR) is 45.0 cm³/mol. The third-order valence-electron chi connectivity index (χ3n) is 1.75. The summed E-state index contributed by atoms with van der Waals surface area (Å²) in [5.41, 5.74) is 0. The van der Waals surface area contributed by atoms with Gasteiger partial charge in [-0.1, -0.05) is 13.8 Å². The number of hydrogen-bond donors (Lipinski definition) is 2. The molecule has 0 aliphatic carbocycles. The smallest absolute Gasteiger partial charge is 0.332 e. The average Bonchev–Trinajstić information content (AvgIpc) is 1.98. The number of amides is 1. The first-order valence-corrected chi connectivity index (χ1v) is 4.07. The maximum Gasteiger partial charge on any atom is 0.332 e. The molecule has 0 aliphatic heterocycles. The van der Waals surface area contributed by atoms with E-state index in [2.05, 4.69) is 0 Å². The molecule has 0 saturated carbocycles. The molecule has 4 nitrogen and oxygen atoms in total. The number of rotatable bonds is 4. The number of carboxylic acid groups (broad SMARTS) is 1. The molecule has 0 saturated heterocycles. The summed E-state index contributed by atoms with van der Waals surface area (Å²) in [6, 6.07) is -2.17. The zero-order valence-corrected chi connectivity index (χ0v) is 8.17. The molecule has 0 rings (SSSR count). The zero-order valence-electron chi connectivity index (χ0n) is 8.17. The highest BCUT2D eigenvalue weighted by atomic mass is 19.3. The van der Waals surface area contributed by atoms with Crippen molar-refractivity contribution >= 4 is 11.9 Å². The van der Waals surface area contributed by atoms with Gasteiger partial charge in [-0.05, 0) is 0 Å². The van der Waals surface area contributed by atoms with Crippen LogP contribution >= 0.6 is 0 Å². The number of carbonyl (C=O) groups is 2. The summed E-state index contributed by atoms with van der Waals surface area (Å²) < 4.78 is 26.5. The molecule has 0 aliphatic rings. The van der Waals surface area contributed by atoms with Gasteiger partial charge in [-0.15, -0.1) is 0 Å². The Morgan fingerprint density at radius 2 is 1.79 bits per heavy atom. The second-order valence-electron chi connectivity index (χ2n) is 3.30. The second kappa shape index (κ2) is 4.34. The van der Waals surface area contributed by atoms with E-state index in [9.17, 15) is 18.4 Å². The Balaban J connectivity index is 4.81. The van der Waals surface area contributed by atoms with E-state index in [0.717, 1.165) is 6.92 Å². The highest BCUT2D eigenvalue weighted by Crippen LogP contribution is 2.28. The predicted octanol–water partition coefficient (Wildman–Crippen LogP) is 0.867. The third kappa shape index (κ3) is 2.93. The van der Waals surface area contributed by atoms with Crippen LogP contribution in [0.25, 0.3) is 0 Å². The molecule has 0 aromatic rings. The molecule has 0 aromatic carbocycles. The minimum absolute atomic E-state index is 0.794. The number of nitrogens with one attached hydrogen (secondary N) is 1. The molecule has 0 spiro atoms. The van der Waals surface area contributed by atoms with E-state index in [4.69, 9.17) is 5.11 Å². The van der Waals surface area contributed by atoms with Gasteiger partial charge in [-0.2, -0.15) is 0 Å². The lowest BCUT2D eigenvalue weighted by Crippen LogP contribution is -2.54. The zero-order chi connectivity index (χ0) is 11.5. The maximum absolute atomic E-state index is 13.2. The van der Waals surface area contributed by atoms with Crippen LogP contribution in [0.2, 0.25) is 0 Å². The van der Waals surface area contributed by atoms with Gasteiger partial charge in [-0.3, -0.25) is 4.79 Å². The van der Waals surface area contributed by atoms with Gasteiger partial charge in [0.1, 0.15) is 0 Å². The molecule has 1 unspecified atom stereocenters. The van der Waals surface area contributed by atoms with E-state index in [-0.39, 0.29) is 0 Å². The fraction of sp³-hybridized carbons (Fsp3) is 0.750. The number of carboxylic acids is 1. The first-order valence-electron chi connectivity index (χ1n) is 4.07. The van der Waals surface area contributed by atoms with Crippen molar-refractivity contribution < 1.29 is 23.5 Å². The Bertz CT molecular complexity index is 241. The van der Waals surface area contributed by atoms with Crippen molar-refractivity contribution in [3.05, 3.63) is 0 Å². The molecular weight excluding hydrogens is 196 g/mol. The number of hydrogen-bond acceptors (Lipinski definition) is 2. The van der Waals surface area contributed by atoms with Gasteiger partial charge in [-0.25, -0.2) is 13.6 Å². The van der Waals surface area contributed by atoms with Crippen LogP contribution in [0.3, 0.4) is 0 Å². The van der Waals surface area contributed by atoms with E-state index in [1.807, 2.05) is 0 Å². The Morgan fingerprint density at radius 1 is 1.36 bits per heavy atom. The SMILES string of the molecule is CC(=O)NC(C(=O)O)C(F)(F)C(C)C. The summed E-state index contributed by atoms with van der Waals surface area (Å²) in [7, 11) is 0. The first-order chi connectivity index (χ1) is 6.19. The molecule has 0 heterocycles. The molecule has 1 amide bonds. The molecule has 0 aromatic heterocycles. The van der Waals surface area contributed by atoms with Crippen molar-refractivity contribution in [1.82, 2.24) is 5.32 Å². The Labute approximate surface area is 80.3 Å². The summed E-state index contributed by atoms with van der Waals surface area (Å²) >= 11 is 0. The van der Waals surface area contributed by atoms with Gasteiger partial charge >= 0.3 is 5.97 Å². The van der Waals surface area contributed by atoms with Crippen LogP contribution in [0.15, 0.2) is 0 Å². The normalized spacial score (nSPS) is 13.9. The van der Waals surface area contributed by atoms with E-state index >= 15 is 0 Å². The Morgan fingerprint density at radius 3 is 2.00 bits per heavy atom. The van der Waals surface area contributed by atoms with Gasteiger partial charge < -0.3 is 10.4 Å². The van der Waals surface area contributed by atoms with E-state index < -0.39 is 29.8 Å². The summed E-state index contributed by atoms with van der Waals surface area (Å²) in [6.07, 6.45) is 0. The quantitative estimate of drug-likeness (QED) is 0.721. The molecule has 14 heavy (non-hydrogen) atoms. The van der Waals surface area contributed by atoms with Crippen LogP contribution in [0.1, 0.15) is 20.8 Å². The molecule has 1 atom stereocenters. The van der Waals surface area contributed by atoms with E-state index in [1.54, 1.807) is 5.32 Å². The topological polar surface area (TPSA) is 66.4 Å². The molecular formula is C8H13F2NO3. The summed E-state index contributed by atoms with van der Waals surface area (Å²) in [5.74, 6) is -7.15. The maximum atomic E-state index is 13.2. The van der Waals surface area contributed by atoms with Gasteiger partial charge in [0.15, 0.2) is 6.04 Å². The molecule has 0 fully saturated rings. The highest BCUT2D eigenvalue weighted by Gasteiger charge is 2.47. The van der Waals surface area contributed by atoms with Crippen molar-refractivity contribution in [3.8, 4) is 0 Å². The largest absolute Gasteiger partial charge is 0.480 e. The fourth-order valence-electron chi connectivity index (χ4n) is 0.859. The lowest BCUT2D eigenvalue weighted by atomic mass is 9.98. The Kier molecular flexibility index (Phi) is 3.97. The number of carbonyl (C=O) groups excluding carboxylic acids is 1. The van der Waals surface area contributed by atoms with Crippen LogP contribution < -0.4 is 5.32 Å². The van der Waals surface area contributed by atoms with Crippen LogP contribution in [0.4, 0.5) is 8.78 Å². The number of halogens is 2. The summed E-state index contributed by atoms with van der Waals surface area (Å²) in [6.45, 7) is 3.38. The van der Waals surface area contributed by atoms with Gasteiger partial charge in [0, 0.05) is 12.8 Å². The number of alkyl halides is 2. The minimum atomic E-state index is -3.46. The average molecular weight is 209 g/mol. The molecule has 6 heteroatoms. The first kappa shape index (κ1) is 12.8. The lowest BCUT2D eigenvalue weighted by Gasteiger charge is -2.27. The van der Waals surface area contributed by atoms with Crippen LogP contribution in [0.5, 0.6) is 0 Å². The Hall–Kier alpha value is -1.20. The van der Waals surface area contributed by atoms with Crippen LogP contribution in [-0.2, 0) is 9.59 Å². The van der Waals surface area contributed by atoms with Crippen LogP contribution in [-0.4, -0.2) is 28.9 Å². The summed E-state index contributed by atoms with van der Waals surface area (Å²) in [5, 5.41) is 10.2. The summed E-state index contributed by atoms with van der Waals surface area (Å²) in [4.78, 5) is 21.0. The third-order valence-corrected chi connectivity index (χ3v) is 1.75. The van der Waals surface area contributed by atoms with Crippen molar-refractivity contribution in [2.75, 3.05) is 0 Å². The van der Waals surface area contributed by atoms with Crippen molar-refractivity contribution in [3.63, 3.8) is 0 Å². The van der Waals surface area contributed by atoms with Gasteiger partial charge in [0.05, 0.1) is 0 Å². The van der Waals surface area contributed by atoms with Crippen molar-refractivity contribution in [2.24, 2.45) is 5.92 Å². The number of aliphatic carboxylic acids is 1. The van der Waals surface area contributed by atoms with E-state index in [1.165, 1.54) is 13.8 Å². The van der Waals surface area contributed by atoms with Crippen molar-refractivity contribution in [1.29, 1.82) is 0 Å². The fourth-order valence-corrected chi connectivity index (χ4v) is 0.859. The van der Waals surface area contributed by atoms with Gasteiger partial charge in [0.25, 0.3) is 5.92 Å². The lowest BCUT2D eigenvalue weighted by molar-refractivity contribution is -0.158. The molecule has 0 radical (unpaired) electrons. The monoisotopic (exact) mass is 209 g/mol. The van der Waals surface area contributed by atoms with Gasteiger partial charge in [0.2, 0.25) is 5.91 Å². The molecule has 82 valence electrons. The minimum Gasteiger partial charge on any atom is -0.480 e. The highest BCUT2D eigenvalue weighted by molar-refractivity contribution is 5.83. The molecule has 2 N–H and O–H groups in total. The van der Waals surface area contributed by atoms with Crippen molar-refractivity contribution in [2.45, 2.75) is 32.7 Å². The second-order valence-corrected chi connectivity index (χ2v) is 3.30. The standard InChI is InChI=1S/C8H13F2NO3/c1-4(2)8(9,10)6(7(13)14)11-5(3)12/h4,6H,1-3H3,(H,11,12)(H,13,14).